The van der Waals surface area contributed by atoms with E-state index in [-0.39, 0.29) is 11.4 Å². The lowest BCUT2D eigenvalue weighted by atomic mass is 10.0. The maximum absolute atomic E-state index is 12.8. The average Bonchev–Trinajstić information content (AvgIpc) is 2.64. The number of aryl methyl sites for hydroxylation is 1. The van der Waals surface area contributed by atoms with Gasteiger partial charge < -0.3 is 5.73 Å². The summed E-state index contributed by atoms with van der Waals surface area (Å²) in [6.07, 6.45) is -2.51. The molecule has 0 amide bonds. The molecule has 2 aromatic rings. The molecular weight excluding hydrogens is 212 g/mol. The number of hydrogen-bond acceptors (Lipinski definition) is 2. The highest BCUT2D eigenvalue weighted by Gasteiger charge is 2.15. The number of hydrogen-bond donors (Lipinski definition) is 2. The van der Waals surface area contributed by atoms with Crippen molar-refractivity contribution in [1.82, 2.24) is 10.2 Å². The Balaban J connectivity index is 2.57. The first kappa shape index (κ1) is 10.6. The second-order valence-corrected chi connectivity index (χ2v) is 3.60. The largest absolute Gasteiger partial charge is 0.382 e. The van der Waals surface area contributed by atoms with E-state index in [1.807, 2.05) is 6.92 Å². The summed E-state index contributed by atoms with van der Waals surface area (Å²) in [5.41, 5.74) is 7.30. The van der Waals surface area contributed by atoms with Crippen LogP contribution in [0, 0.1) is 6.92 Å². The Bertz CT molecular complexity index is 506. The van der Waals surface area contributed by atoms with Crippen LogP contribution in [-0.4, -0.2) is 10.2 Å². The van der Waals surface area contributed by atoms with Gasteiger partial charge in [-0.2, -0.15) is 5.10 Å². The molecule has 0 spiro atoms. The van der Waals surface area contributed by atoms with Gasteiger partial charge in [-0.25, -0.2) is 8.78 Å². The van der Waals surface area contributed by atoms with Crippen LogP contribution in [0.5, 0.6) is 0 Å². The minimum Gasteiger partial charge on any atom is -0.382 e. The molecule has 3 N–H and O–H groups in total. The number of anilines is 1. The maximum atomic E-state index is 12.8. The molecule has 0 fully saturated rings. The molecule has 1 heterocycles. The predicted octanol–water partition coefficient (Wildman–Crippen LogP) is 2.90. The average molecular weight is 223 g/mol. The molecule has 0 saturated carbocycles. The summed E-state index contributed by atoms with van der Waals surface area (Å²) in [7, 11) is 0. The van der Waals surface area contributed by atoms with Crippen LogP contribution in [0.3, 0.4) is 0 Å². The van der Waals surface area contributed by atoms with Crippen LogP contribution in [0.15, 0.2) is 24.3 Å². The molecule has 0 aliphatic rings. The third-order valence-electron chi connectivity index (χ3n) is 2.33. The fourth-order valence-corrected chi connectivity index (χ4v) is 1.57. The van der Waals surface area contributed by atoms with Crippen molar-refractivity contribution < 1.29 is 8.78 Å². The molecule has 0 saturated heterocycles. The second-order valence-electron chi connectivity index (χ2n) is 3.60. The molecule has 5 heteroatoms. The molecule has 1 aromatic carbocycles. The third-order valence-corrected chi connectivity index (χ3v) is 2.33. The normalized spacial score (nSPS) is 11.0. The van der Waals surface area contributed by atoms with Crippen LogP contribution in [0.2, 0.25) is 0 Å². The Morgan fingerprint density at radius 2 is 2.06 bits per heavy atom. The van der Waals surface area contributed by atoms with Crippen LogP contribution in [0.4, 0.5) is 14.6 Å². The first-order valence-electron chi connectivity index (χ1n) is 4.78. The number of nitrogens with zero attached hydrogens (tertiary/aromatic N) is 1. The Morgan fingerprint density at radius 1 is 1.31 bits per heavy atom. The van der Waals surface area contributed by atoms with E-state index < -0.39 is 6.43 Å². The quantitative estimate of drug-likeness (QED) is 0.822. The number of alkyl halides is 2. The molecule has 2 rings (SSSR count). The summed E-state index contributed by atoms with van der Waals surface area (Å²) in [5, 5.41) is 6.37. The van der Waals surface area contributed by atoms with Gasteiger partial charge in [0.15, 0.2) is 0 Å². The predicted molar refractivity (Wildman–Crippen MR) is 58.1 cm³/mol. The molecule has 0 radical (unpaired) electrons. The Morgan fingerprint density at radius 3 is 2.62 bits per heavy atom. The van der Waals surface area contributed by atoms with Crippen LogP contribution < -0.4 is 5.73 Å². The minimum atomic E-state index is -2.51. The highest BCUT2D eigenvalue weighted by molar-refractivity contribution is 5.67. The lowest BCUT2D eigenvalue weighted by Gasteiger charge is -2.07. The van der Waals surface area contributed by atoms with Gasteiger partial charge in [0.25, 0.3) is 6.43 Å². The number of aromatic nitrogens is 2. The molecular formula is C11H11F2N3. The van der Waals surface area contributed by atoms with Crippen molar-refractivity contribution >= 4 is 5.82 Å². The first-order valence-corrected chi connectivity index (χ1v) is 4.78. The number of rotatable bonds is 2. The van der Waals surface area contributed by atoms with Crippen molar-refractivity contribution in [3.8, 4) is 11.3 Å². The van der Waals surface area contributed by atoms with E-state index in [4.69, 9.17) is 5.73 Å². The number of nitrogens with one attached hydrogen (secondary N) is 1. The van der Waals surface area contributed by atoms with Crippen LogP contribution in [-0.2, 0) is 0 Å². The molecule has 3 nitrogen and oxygen atoms in total. The number of aromatic amines is 1. The molecule has 0 atom stereocenters. The lowest BCUT2D eigenvalue weighted by Crippen LogP contribution is -1.91. The highest BCUT2D eigenvalue weighted by atomic mass is 19.3. The summed E-state index contributed by atoms with van der Waals surface area (Å²) in [6.45, 7) is 1.85. The van der Waals surface area contributed by atoms with Crippen molar-refractivity contribution in [3.63, 3.8) is 0 Å². The number of nitrogen functional groups attached to an aromatic ring is 1. The first-order chi connectivity index (χ1) is 7.58. The molecule has 16 heavy (non-hydrogen) atoms. The standard InChI is InChI=1S/C11H11F2N3/c1-6-2-3-7(11(12)13)8(4-6)9-5-10(14)16-15-9/h2-5,11H,1H3,(H3,14,15,16). The maximum Gasteiger partial charge on any atom is 0.264 e. The van der Waals surface area contributed by atoms with Gasteiger partial charge in [0.1, 0.15) is 5.82 Å². The third kappa shape index (κ3) is 1.88. The zero-order chi connectivity index (χ0) is 11.7. The van der Waals surface area contributed by atoms with Crippen molar-refractivity contribution in [2.45, 2.75) is 13.3 Å². The van der Waals surface area contributed by atoms with Crippen LogP contribution in [0.25, 0.3) is 11.3 Å². The van der Waals surface area contributed by atoms with Crippen LogP contribution in [0.1, 0.15) is 17.6 Å². The van der Waals surface area contributed by atoms with Crippen molar-refractivity contribution in [2.24, 2.45) is 0 Å². The fraction of sp³-hybridized carbons (Fsp3) is 0.182. The summed E-state index contributed by atoms with van der Waals surface area (Å²) in [6, 6.07) is 6.31. The minimum absolute atomic E-state index is 0.0192. The SMILES string of the molecule is Cc1ccc(C(F)F)c(-c2cc(N)n[nH]2)c1. The van der Waals surface area contributed by atoms with Gasteiger partial charge in [0.2, 0.25) is 0 Å². The molecule has 0 aliphatic heterocycles. The molecule has 0 unspecified atom stereocenters. The highest BCUT2D eigenvalue weighted by Crippen LogP contribution is 2.31. The summed E-state index contributed by atoms with van der Waals surface area (Å²) in [4.78, 5) is 0. The van der Waals surface area contributed by atoms with E-state index in [9.17, 15) is 8.78 Å². The smallest absolute Gasteiger partial charge is 0.264 e. The van der Waals surface area contributed by atoms with E-state index in [0.29, 0.717) is 11.3 Å². The molecule has 0 bridgehead atoms. The van der Waals surface area contributed by atoms with Gasteiger partial charge in [-0.05, 0) is 13.0 Å². The van der Waals surface area contributed by atoms with Gasteiger partial charge in [0.05, 0.1) is 5.69 Å². The Labute approximate surface area is 91.3 Å². The van der Waals surface area contributed by atoms with Crippen molar-refractivity contribution in [1.29, 1.82) is 0 Å². The van der Waals surface area contributed by atoms with E-state index >= 15 is 0 Å². The number of H-pyrrole nitrogens is 1. The Hall–Kier alpha value is -1.91. The summed E-state index contributed by atoms with van der Waals surface area (Å²) in [5.74, 6) is 0.289. The zero-order valence-corrected chi connectivity index (χ0v) is 8.67. The monoisotopic (exact) mass is 223 g/mol. The van der Waals surface area contributed by atoms with Gasteiger partial charge in [-0.15, -0.1) is 0 Å². The van der Waals surface area contributed by atoms with E-state index in [1.165, 1.54) is 6.07 Å². The number of nitrogens with two attached hydrogens (primary N) is 1. The molecule has 1 aromatic heterocycles. The molecule has 84 valence electrons. The van der Waals surface area contributed by atoms with E-state index in [0.717, 1.165) is 5.56 Å². The van der Waals surface area contributed by atoms with E-state index in [2.05, 4.69) is 10.2 Å². The molecule has 0 aliphatic carbocycles. The topological polar surface area (TPSA) is 54.7 Å². The Kier molecular flexibility index (Phi) is 2.60. The van der Waals surface area contributed by atoms with Gasteiger partial charge in [0, 0.05) is 17.2 Å². The van der Waals surface area contributed by atoms with Crippen molar-refractivity contribution in [3.05, 3.63) is 35.4 Å². The van der Waals surface area contributed by atoms with Gasteiger partial charge >= 0.3 is 0 Å². The fourth-order valence-electron chi connectivity index (χ4n) is 1.57. The summed E-state index contributed by atoms with van der Waals surface area (Å²) < 4.78 is 25.6. The van der Waals surface area contributed by atoms with Crippen molar-refractivity contribution in [2.75, 3.05) is 5.73 Å². The van der Waals surface area contributed by atoms with Gasteiger partial charge in [-0.3, -0.25) is 5.10 Å². The van der Waals surface area contributed by atoms with E-state index in [1.54, 1.807) is 18.2 Å². The number of halogens is 2. The second kappa shape index (κ2) is 3.92. The lowest BCUT2D eigenvalue weighted by molar-refractivity contribution is 0.152. The van der Waals surface area contributed by atoms with Gasteiger partial charge in [-0.1, -0.05) is 17.7 Å². The summed E-state index contributed by atoms with van der Waals surface area (Å²) >= 11 is 0. The number of benzene rings is 1. The van der Waals surface area contributed by atoms with Crippen LogP contribution >= 0.6 is 0 Å². The zero-order valence-electron chi connectivity index (χ0n) is 8.67.